The number of benzene rings is 1. The Kier molecular flexibility index (Phi) is 4.25. The van der Waals surface area contributed by atoms with E-state index in [1.54, 1.807) is 20.8 Å². The number of carbonyl (C=O) groups is 2. The van der Waals surface area contributed by atoms with E-state index in [1.165, 1.54) is 6.07 Å². The summed E-state index contributed by atoms with van der Waals surface area (Å²) in [6.45, 7) is 5.27. The molecule has 2 atom stereocenters. The van der Waals surface area contributed by atoms with Gasteiger partial charge in [0.15, 0.2) is 0 Å². The number of carboxylic acids is 1. The van der Waals surface area contributed by atoms with Crippen molar-refractivity contribution in [2.24, 2.45) is 0 Å². The molecule has 0 saturated heterocycles. The van der Waals surface area contributed by atoms with Crippen LogP contribution in [0, 0.1) is 5.82 Å². The summed E-state index contributed by atoms with van der Waals surface area (Å²) in [6.07, 6.45) is -0.368. The molecule has 2 N–H and O–H groups in total. The van der Waals surface area contributed by atoms with Crippen molar-refractivity contribution in [2.75, 3.05) is 0 Å². The second-order valence-electron chi connectivity index (χ2n) is 6.09. The molecule has 1 amide bonds. The number of aromatic carboxylic acids is 1. The molecule has 1 aromatic rings. The van der Waals surface area contributed by atoms with Crippen LogP contribution in [-0.4, -0.2) is 34.9 Å². The van der Waals surface area contributed by atoms with E-state index in [1.807, 2.05) is 0 Å². The normalized spacial score (nSPS) is 20.2. The van der Waals surface area contributed by atoms with E-state index in [0.29, 0.717) is 6.42 Å². The van der Waals surface area contributed by atoms with Gasteiger partial charge in [-0.2, -0.15) is 0 Å². The van der Waals surface area contributed by atoms with Crippen molar-refractivity contribution in [1.29, 1.82) is 0 Å². The van der Waals surface area contributed by atoms with Gasteiger partial charge in [0.2, 0.25) is 0 Å². The minimum atomic E-state index is -1.27. The molecule has 0 bridgehead atoms. The third kappa shape index (κ3) is 4.34. The first-order valence-electron chi connectivity index (χ1n) is 6.85. The number of nitrogens with one attached hydrogen (secondary N) is 1. The first-order chi connectivity index (χ1) is 10.2. The van der Waals surface area contributed by atoms with Crippen molar-refractivity contribution in [1.82, 2.24) is 5.32 Å². The summed E-state index contributed by atoms with van der Waals surface area (Å²) in [5.41, 5.74) is -0.842. The number of ether oxygens (including phenoxy) is 2. The lowest BCUT2D eigenvalue weighted by Gasteiger charge is -2.19. The Bertz CT molecular complexity index is 596. The molecular formula is C15H18FNO5. The zero-order valence-corrected chi connectivity index (χ0v) is 12.6. The lowest BCUT2D eigenvalue weighted by atomic mass is 10.2. The van der Waals surface area contributed by atoms with Crippen LogP contribution >= 0.6 is 0 Å². The largest absolute Gasteiger partial charge is 0.487 e. The molecule has 6 nitrogen and oxygen atoms in total. The zero-order chi connectivity index (χ0) is 16.5. The fourth-order valence-electron chi connectivity index (χ4n) is 1.85. The van der Waals surface area contributed by atoms with E-state index in [2.05, 4.69) is 5.32 Å². The highest BCUT2D eigenvalue weighted by Crippen LogP contribution is 2.30. The van der Waals surface area contributed by atoms with Gasteiger partial charge in [0, 0.05) is 6.42 Å². The third-order valence-corrected chi connectivity index (χ3v) is 2.88. The third-order valence-electron chi connectivity index (χ3n) is 2.88. The fourth-order valence-corrected chi connectivity index (χ4v) is 1.85. The molecule has 120 valence electrons. The summed E-state index contributed by atoms with van der Waals surface area (Å²) in [5, 5.41) is 11.7. The molecule has 1 aliphatic carbocycles. The van der Waals surface area contributed by atoms with Crippen LogP contribution in [0.15, 0.2) is 18.2 Å². The summed E-state index contributed by atoms with van der Waals surface area (Å²) in [7, 11) is 0. The van der Waals surface area contributed by atoms with Crippen LogP contribution in [0.3, 0.4) is 0 Å². The highest BCUT2D eigenvalue weighted by atomic mass is 19.1. The predicted octanol–water partition coefficient (Wildman–Crippen LogP) is 2.57. The Morgan fingerprint density at radius 3 is 2.64 bits per heavy atom. The molecule has 0 radical (unpaired) electrons. The summed E-state index contributed by atoms with van der Waals surface area (Å²) >= 11 is 0. The SMILES string of the molecule is CC(C)(C)OC(=O)NC1CC1Oc1ccc(F)cc1C(=O)O. The quantitative estimate of drug-likeness (QED) is 0.892. The van der Waals surface area contributed by atoms with E-state index < -0.39 is 23.5 Å². The maximum absolute atomic E-state index is 13.1. The predicted molar refractivity (Wildman–Crippen MR) is 75.6 cm³/mol. The highest BCUT2D eigenvalue weighted by molar-refractivity contribution is 5.90. The average molecular weight is 311 g/mol. The smallest absolute Gasteiger partial charge is 0.408 e. The Morgan fingerprint density at radius 2 is 2.05 bits per heavy atom. The molecule has 7 heteroatoms. The standard InChI is InChI=1S/C15H18FNO5/c1-15(2,3)22-14(20)17-10-7-12(10)21-11-5-4-8(16)6-9(11)13(18)19/h4-6,10,12H,7H2,1-3H3,(H,17,20)(H,18,19). The van der Waals surface area contributed by atoms with Gasteiger partial charge < -0.3 is 19.9 Å². The number of carboxylic acid groups (broad SMARTS) is 1. The van der Waals surface area contributed by atoms with Gasteiger partial charge in [-0.05, 0) is 39.0 Å². The van der Waals surface area contributed by atoms with Crippen LogP contribution in [0.2, 0.25) is 0 Å². The molecule has 1 fully saturated rings. The Morgan fingerprint density at radius 1 is 1.36 bits per heavy atom. The summed E-state index contributed by atoms with van der Waals surface area (Å²) < 4.78 is 23.7. The molecule has 1 saturated carbocycles. The summed E-state index contributed by atoms with van der Waals surface area (Å²) in [6, 6.07) is 3.04. The van der Waals surface area contributed by atoms with Gasteiger partial charge in [-0.3, -0.25) is 0 Å². The van der Waals surface area contributed by atoms with Crippen LogP contribution in [0.5, 0.6) is 5.75 Å². The number of carbonyl (C=O) groups excluding carboxylic acids is 1. The van der Waals surface area contributed by atoms with Crippen LogP contribution in [-0.2, 0) is 4.74 Å². The van der Waals surface area contributed by atoms with Gasteiger partial charge in [0.05, 0.1) is 6.04 Å². The number of alkyl carbamates (subject to hydrolysis) is 1. The van der Waals surface area contributed by atoms with Gasteiger partial charge in [-0.25, -0.2) is 14.0 Å². The van der Waals surface area contributed by atoms with Gasteiger partial charge in [0.1, 0.15) is 28.8 Å². The molecule has 1 aromatic carbocycles. The maximum atomic E-state index is 13.1. The van der Waals surface area contributed by atoms with Gasteiger partial charge in [-0.15, -0.1) is 0 Å². The first kappa shape index (κ1) is 16.1. The highest BCUT2D eigenvalue weighted by Gasteiger charge is 2.42. The Labute approximate surface area is 127 Å². The van der Waals surface area contributed by atoms with E-state index in [0.717, 1.165) is 12.1 Å². The average Bonchev–Trinajstić information content (AvgIpc) is 3.06. The maximum Gasteiger partial charge on any atom is 0.408 e. The van der Waals surface area contributed by atoms with Crippen molar-refractivity contribution in [3.8, 4) is 5.75 Å². The minimum absolute atomic E-state index is 0.0763. The van der Waals surface area contributed by atoms with Crippen LogP contribution < -0.4 is 10.1 Å². The number of hydrogen-bond acceptors (Lipinski definition) is 4. The summed E-state index contributed by atoms with van der Waals surface area (Å²) in [4.78, 5) is 22.6. The van der Waals surface area contributed by atoms with Gasteiger partial charge in [-0.1, -0.05) is 0 Å². The van der Waals surface area contributed by atoms with Crippen molar-refractivity contribution in [3.63, 3.8) is 0 Å². The molecular weight excluding hydrogens is 293 g/mol. The summed E-state index contributed by atoms with van der Waals surface area (Å²) in [5.74, 6) is -1.84. The molecule has 0 spiro atoms. The van der Waals surface area contributed by atoms with E-state index in [4.69, 9.17) is 14.6 Å². The van der Waals surface area contributed by atoms with Crippen molar-refractivity contribution < 1.29 is 28.6 Å². The van der Waals surface area contributed by atoms with E-state index >= 15 is 0 Å². The molecule has 2 rings (SSSR count). The fraction of sp³-hybridized carbons (Fsp3) is 0.467. The van der Waals surface area contributed by atoms with Crippen molar-refractivity contribution >= 4 is 12.1 Å². The number of hydrogen-bond donors (Lipinski definition) is 2. The van der Waals surface area contributed by atoms with E-state index in [-0.39, 0.29) is 23.5 Å². The molecule has 2 unspecified atom stereocenters. The van der Waals surface area contributed by atoms with Gasteiger partial charge in [0.25, 0.3) is 0 Å². The van der Waals surface area contributed by atoms with Gasteiger partial charge >= 0.3 is 12.1 Å². The topological polar surface area (TPSA) is 84.9 Å². The zero-order valence-electron chi connectivity index (χ0n) is 12.6. The lowest BCUT2D eigenvalue weighted by Crippen LogP contribution is -2.35. The van der Waals surface area contributed by atoms with Crippen LogP contribution in [0.1, 0.15) is 37.6 Å². The molecule has 22 heavy (non-hydrogen) atoms. The minimum Gasteiger partial charge on any atom is -0.487 e. The van der Waals surface area contributed by atoms with E-state index in [9.17, 15) is 14.0 Å². The second-order valence-corrected chi connectivity index (χ2v) is 6.09. The Hall–Kier alpha value is -2.31. The lowest BCUT2D eigenvalue weighted by molar-refractivity contribution is 0.0514. The van der Waals surface area contributed by atoms with Crippen molar-refractivity contribution in [2.45, 2.75) is 44.9 Å². The monoisotopic (exact) mass is 311 g/mol. The molecule has 0 aromatic heterocycles. The second kappa shape index (κ2) is 5.82. The molecule has 1 aliphatic rings. The Balaban J connectivity index is 1.92. The van der Waals surface area contributed by atoms with Crippen molar-refractivity contribution in [3.05, 3.63) is 29.6 Å². The van der Waals surface area contributed by atoms with Crippen LogP contribution in [0.25, 0.3) is 0 Å². The van der Waals surface area contributed by atoms with Crippen LogP contribution in [0.4, 0.5) is 9.18 Å². The molecule has 0 aliphatic heterocycles. The number of rotatable bonds is 4. The first-order valence-corrected chi connectivity index (χ1v) is 6.85. The number of halogens is 1. The number of amides is 1. The molecule has 0 heterocycles.